The highest BCUT2D eigenvalue weighted by molar-refractivity contribution is 6.30. The van der Waals surface area contributed by atoms with E-state index in [-0.39, 0.29) is 49.9 Å². The molecule has 2 N–H and O–H groups in total. The Morgan fingerprint density at radius 1 is 0.467 bits per heavy atom. The molecular formula is C62H65ClN4O8. The molecule has 75 heavy (non-hydrogen) atoms. The molecule has 4 aliphatic rings. The summed E-state index contributed by atoms with van der Waals surface area (Å²) in [6.07, 6.45) is 7.23. The maximum atomic E-state index is 14.6. The number of likely N-dealkylation sites (tertiary alicyclic amines) is 4. The lowest BCUT2D eigenvalue weighted by molar-refractivity contribution is -0.147. The Hall–Kier alpha value is -6.99. The maximum absolute atomic E-state index is 14.6. The molecule has 0 aliphatic carbocycles. The molecule has 2 spiro atoms. The molecule has 2 unspecified atom stereocenters. The molecule has 4 heterocycles. The van der Waals surface area contributed by atoms with Gasteiger partial charge in [-0.25, -0.2) is 0 Å². The zero-order valence-corrected chi connectivity index (χ0v) is 43.1. The summed E-state index contributed by atoms with van der Waals surface area (Å²) in [5.74, 6) is -3.72. The molecule has 2 amide bonds. The lowest BCUT2D eigenvalue weighted by Crippen LogP contribution is -2.48. The number of halogens is 1. The van der Waals surface area contributed by atoms with E-state index in [2.05, 4.69) is 28.0 Å². The van der Waals surface area contributed by atoms with Gasteiger partial charge in [0.15, 0.2) is 0 Å². The van der Waals surface area contributed by atoms with Crippen molar-refractivity contribution < 1.29 is 38.9 Å². The van der Waals surface area contributed by atoms with Crippen molar-refractivity contribution in [1.29, 1.82) is 0 Å². The van der Waals surface area contributed by atoms with Gasteiger partial charge in [0, 0.05) is 61.0 Å². The molecule has 0 radical (unpaired) electrons. The van der Waals surface area contributed by atoms with Gasteiger partial charge in [-0.15, -0.1) is 0 Å². The number of amides is 2. The van der Waals surface area contributed by atoms with Crippen LogP contribution in [0.1, 0.15) is 106 Å². The summed E-state index contributed by atoms with van der Waals surface area (Å²) in [6, 6.07) is 46.8. The van der Waals surface area contributed by atoms with Crippen LogP contribution in [0.15, 0.2) is 152 Å². The molecule has 2 atom stereocenters. The fraction of sp³-hybridized carbons (Fsp3) is 0.355. The molecule has 10 rings (SSSR count). The average Bonchev–Trinajstić information content (AvgIpc) is 3.43. The lowest BCUT2D eigenvalue weighted by atomic mass is 9.71. The van der Waals surface area contributed by atoms with Crippen LogP contribution in [0.25, 0.3) is 0 Å². The highest BCUT2D eigenvalue weighted by Gasteiger charge is 2.44. The van der Waals surface area contributed by atoms with Crippen LogP contribution >= 0.6 is 11.6 Å². The smallest absolute Gasteiger partial charge is 0.312 e. The van der Waals surface area contributed by atoms with Gasteiger partial charge in [-0.05, 0) is 172 Å². The molecule has 0 aromatic heterocycles. The number of carbonyl (C=O) groups is 4. The fourth-order valence-corrected chi connectivity index (χ4v) is 12.3. The third-order valence-corrected chi connectivity index (χ3v) is 16.9. The minimum absolute atomic E-state index is 0.0132. The fourth-order valence-electron chi connectivity index (χ4n) is 12.1. The van der Waals surface area contributed by atoms with Crippen molar-refractivity contribution >= 4 is 35.4 Å². The van der Waals surface area contributed by atoms with E-state index in [1.165, 1.54) is 23.8 Å². The van der Waals surface area contributed by atoms with Crippen LogP contribution in [0.3, 0.4) is 0 Å². The van der Waals surface area contributed by atoms with Gasteiger partial charge in [0.25, 0.3) is 11.8 Å². The third kappa shape index (κ3) is 11.9. The summed E-state index contributed by atoms with van der Waals surface area (Å²) in [6.45, 7) is 7.28. The Labute approximate surface area is 444 Å². The predicted molar refractivity (Wildman–Crippen MR) is 289 cm³/mol. The first-order valence-corrected chi connectivity index (χ1v) is 26.8. The minimum atomic E-state index is -1.73. The number of piperidine rings is 4. The SMILES string of the molecule is O=C(O)C(c1ccccc1C(=O)N1CCC2(CCN(Cc3cccc(Oc4ccccc4)c3)CC2)CC1)C(C(=O)O)c1cc(Cl)ccc1C(=O)N1CCC2(CCN(Cc3ccccc3Oc3ccccc3)CC2)CC1. The Morgan fingerprint density at radius 3 is 1.52 bits per heavy atom. The number of carboxylic acids is 2. The van der Waals surface area contributed by atoms with E-state index in [0.717, 1.165) is 119 Å². The Bertz CT molecular complexity index is 2970. The summed E-state index contributed by atoms with van der Waals surface area (Å²) in [4.78, 5) is 64.7. The van der Waals surface area contributed by atoms with Crippen LogP contribution in [-0.2, 0) is 22.7 Å². The van der Waals surface area contributed by atoms with Crippen LogP contribution < -0.4 is 9.47 Å². The van der Waals surface area contributed by atoms with Crippen molar-refractivity contribution in [3.8, 4) is 23.0 Å². The van der Waals surface area contributed by atoms with Gasteiger partial charge in [-0.1, -0.05) is 96.5 Å². The number of hydrogen-bond acceptors (Lipinski definition) is 8. The number of carboxylic acid groups (broad SMARTS) is 2. The summed E-state index contributed by atoms with van der Waals surface area (Å²) >= 11 is 6.57. The molecule has 13 heteroatoms. The summed E-state index contributed by atoms with van der Waals surface area (Å²) < 4.78 is 12.3. The summed E-state index contributed by atoms with van der Waals surface area (Å²) in [5, 5.41) is 22.2. The molecule has 388 valence electrons. The Morgan fingerprint density at radius 2 is 0.933 bits per heavy atom. The largest absolute Gasteiger partial charge is 0.481 e. The molecule has 6 aromatic carbocycles. The van der Waals surface area contributed by atoms with Gasteiger partial charge < -0.3 is 29.5 Å². The van der Waals surface area contributed by atoms with Crippen molar-refractivity contribution in [3.63, 3.8) is 0 Å². The molecular weight excluding hydrogens is 964 g/mol. The van der Waals surface area contributed by atoms with Crippen LogP contribution in [-0.4, -0.2) is 106 Å². The van der Waals surface area contributed by atoms with Gasteiger partial charge in [0.1, 0.15) is 23.0 Å². The second-order valence-electron chi connectivity index (χ2n) is 21.2. The van der Waals surface area contributed by atoms with E-state index in [1.807, 2.05) is 91.0 Å². The molecule has 4 fully saturated rings. The highest BCUT2D eigenvalue weighted by Crippen LogP contribution is 2.45. The van der Waals surface area contributed by atoms with Crippen molar-refractivity contribution in [2.45, 2.75) is 76.3 Å². The first-order valence-electron chi connectivity index (χ1n) is 26.4. The van der Waals surface area contributed by atoms with Crippen molar-refractivity contribution in [3.05, 3.63) is 190 Å². The van der Waals surface area contributed by atoms with Crippen LogP contribution in [0.4, 0.5) is 0 Å². The maximum Gasteiger partial charge on any atom is 0.312 e. The van der Waals surface area contributed by atoms with Crippen LogP contribution in [0, 0.1) is 10.8 Å². The number of aliphatic carboxylic acids is 2. The van der Waals surface area contributed by atoms with Crippen molar-refractivity contribution in [2.75, 3.05) is 52.4 Å². The number of ether oxygens (including phenoxy) is 2. The van der Waals surface area contributed by atoms with Gasteiger partial charge in [0.05, 0.1) is 11.8 Å². The molecule has 4 aliphatic heterocycles. The quantitative estimate of drug-likeness (QED) is 0.102. The number of carbonyl (C=O) groups excluding carboxylic acids is 2. The number of para-hydroxylation sites is 3. The normalized spacial score (nSPS) is 18.5. The van der Waals surface area contributed by atoms with E-state index in [4.69, 9.17) is 21.1 Å². The van der Waals surface area contributed by atoms with E-state index < -0.39 is 23.8 Å². The molecule has 6 aromatic rings. The van der Waals surface area contributed by atoms with Crippen molar-refractivity contribution in [2.24, 2.45) is 10.8 Å². The first kappa shape index (κ1) is 51.5. The number of nitrogens with zero attached hydrogens (tertiary/aromatic N) is 4. The predicted octanol–water partition coefficient (Wildman–Crippen LogP) is 12.0. The van der Waals surface area contributed by atoms with E-state index >= 15 is 0 Å². The number of benzene rings is 6. The van der Waals surface area contributed by atoms with Crippen LogP contribution in [0.5, 0.6) is 23.0 Å². The number of hydrogen-bond donors (Lipinski definition) is 2. The molecule has 0 bridgehead atoms. The van der Waals surface area contributed by atoms with Gasteiger partial charge in [-0.2, -0.15) is 0 Å². The molecule has 12 nitrogen and oxygen atoms in total. The van der Waals surface area contributed by atoms with Crippen LogP contribution in [0.2, 0.25) is 5.02 Å². The first-order chi connectivity index (χ1) is 36.4. The number of rotatable bonds is 15. The standard InChI is InChI=1S/C62H65ClN4O8/c63-46-22-23-52(58(69)67-38-30-62(31-39-67)26-34-65(35-27-62)43-45-13-7-10-21-54(45)75-48-16-5-2-6-17-48)53(41-46)56(60(72)73)55(59(70)71)50-19-8-9-20-51(50)57(68)66-36-28-61(29-37-66)24-32-64(33-25-61)42-44-12-11-18-49(40-44)74-47-14-3-1-4-15-47/h1-23,40-41,55-56H,24-39,42-43H2,(H,70,71)(H,72,73). The second kappa shape index (κ2) is 22.9. The molecule has 0 saturated carbocycles. The monoisotopic (exact) mass is 1030 g/mol. The summed E-state index contributed by atoms with van der Waals surface area (Å²) in [7, 11) is 0. The Kier molecular flexibility index (Phi) is 15.7. The summed E-state index contributed by atoms with van der Waals surface area (Å²) in [5.41, 5.74) is 2.83. The topological polar surface area (TPSA) is 140 Å². The van der Waals surface area contributed by atoms with E-state index in [1.54, 1.807) is 34.1 Å². The minimum Gasteiger partial charge on any atom is -0.481 e. The van der Waals surface area contributed by atoms with E-state index in [0.29, 0.717) is 26.2 Å². The zero-order valence-electron chi connectivity index (χ0n) is 42.3. The highest BCUT2D eigenvalue weighted by atomic mass is 35.5. The van der Waals surface area contributed by atoms with Gasteiger partial charge in [0.2, 0.25) is 0 Å². The van der Waals surface area contributed by atoms with E-state index in [9.17, 15) is 29.4 Å². The van der Waals surface area contributed by atoms with Gasteiger partial charge in [-0.3, -0.25) is 29.0 Å². The second-order valence-corrected chi connectivity index (χ2v) is 21.6. The Balaban J connectivity index is 0.772. The van der Waals surface area contributed by atoms with Gasteiger partial charge >= 0.3 is 11.9 Å². The zero-order chi connectivity index (χ0) is 51.9. The average molecular weight is 1030 g/mol. The lowest BCUT2D eigenvalue weighted by Gasteiger charge is -2.47. The third-order valence-electron chi connectivity index (χ3n) is 16.6. The molecule has 4 saturated heterocycles. The van der Waals surface area contributed by atoms with Crippen molar-refractivity contribution in [1.82, 2.24) is 19.6 Å².